The van der Waals surface area contributed by atoms with E-state index in [-0.39, 0.29) is 60.3 Å². The van der Waals surface area contributed by atoms with Gasteiger partial charge in [0.1, 0.15) is 17.1 Å². The molecule has 1 atom stereocenters. The number of esters is 3. The molecule has 12 nitrogen and oxygen atoms in total. The predicted molar refractivity (Wildman–Crippen MR) is 163 cm³/mol. The highest BCUT2D eigenvalue weighted by atomic mass is 19.3. The van der Waals surface area contributed by atoms with E-state index in [4.69, 9.17) is 14.2 Å². The maximum absolute atomic E-state index is 13.2. The first kappa shape index (κ1) is 35.9. The number of carbonyl (C=O) groups is 6. The molecular weight excluding hydrogens is 639 g/mol. The number of Topliss-reactive ketones (excluding diaryl/α,β-unsaturated/α-hetero) is 3. The van der Waals surface area contributed by atoms with Gasteiger partial charge in [-0.05, 0) is 71.1 Å². The third-order valence-electron chi connectivity index (χ3n) is 7.78. The fraction of sp³-hybridized carbons (Fsp3) is 0.455. The molecule has 0 aromatic carbocycles. The molecule has 0 aliphatic heterocycles. The molecule has 6 rings (SSSR count). The third-order valence-corrected chi connectivity index (χ3v) is 7.78. The fourth-order valence-corrected chi connectivity index (χ4v) is 5.44. The van der Waals surface area contributed by atoms with Gasteiger partial charge in [-0.3, -0.25) is 14.4 Å². The van der Waals surface area contributed by atoms with Crippen molar-refractivity contribution in [2.45, 2.75) is 77.8 Å². The summed E-state index contributed by atoms with van der Waals surface area (Å²) in [5.41, 5.74) is 3.35. The smallest absolute Gasteiger partial charge is 0.354 e. The van der Waals surface area contributed by atoms with E-state index in [9.17, 15) is 41.9 Å². The van der Waals surface area contributed by atoms with Crippen molar-refractivity contribution in [3.63, 3.8) is 0 Å². The molecule has 0 saturated carbocycles. The Hall–Kier alpha value is -4.95. The van der Waals surface area contributed by atoms with Gasteiger partial charge in [-0.2, -0.15) is 8.78 Å². The molecule has 258 valence electrons. The number of hydrogen-bond acceptors (Lipinski definition) is 9. The van der Waals surface area contributed by atoms with E-state index in [0.717, 1.165) is 24.6 Å². The summed E-state index contributed by atoms with van der Waals surface area (Å²) in [7, 11) is 0. The first-order chi connectivity index (χ1) is 22.8. The Morgan fingerprint density at radius 1 is 0.708 bits per heavy atom. The second kappa shape index (κ2) is 15.3. The Bertz CT molecular complexity index is 1720. The molecule has 3 heterocycles. The number of nitrogens with one attached hydrogen (secondary N) is 3. The highest BCUT2D eigenvalue weighted by molar-refractivity contribution is 6.05. The number of halogens is 3. The lowest BCUT2D eigenvalue weighted by Crippen LogP contribution is -2.33. The second-order valence-corrected chi connectivity index (χ2v) is 11.1. The van der Waals surface area contributed by atoms with Crippen LogP contribution in [0.1, 0.15) is 126 Å². The molecule has 0 radical (unpaired) electrons. The lowest BCUT2D eigenvalue weighted by molar-refractivity contribution is 0.00188. The van der Waals surface area contributed by atoms with E-state index < -0.39 is 42.0 Å². The van der Waals surface area contributed by atoms with Crippen molar-refractivity contribution in [2.75, 3.05) is 19.8 Å². The molecule has 15 heteroatoms. The summed E-state index contributed by atoms with van der Waals surface area (Å²) in [4.78, 5) is 77.0. The van der Waals surface area contributed by atoms with Gasteiger partial charge >= 0.3 is 23.8 Å². The first-order valence-electron chi connectivity index (χ1n) is 15.6. The molecule has 0 bridgehead atoms. The van der Waals surface area contributed by atoms with Crippen LogP contribution in [0.15, 0.2) is 18.2 Å². The Kier molecular flexibility index (Phi) is 11.4. The summed E-state index contributed by atoms with van der Waals surface area (Å²) in [6.07, 6.45) is 0.964. The highest BCUT2D eigenvalue weighted by Crippen LogP contribution is 2.33. The summed E-state index contributed by atoms with van der Waals surface area (Å²) >= 11 is 0. The average molecular weight is 676 g/mol. The number of ether oxygens (including phenoxy) is 3. The fourth-order valence-electron chi connectivity index (χ4n) is 5.44. The number of aromatic amines is 3. The Morgan fingerprint density at radius 3 is 1.67 bits per heavy atom. The van der Waals surface area contributed by atoms with E-state index in [1.165, 1.54) is 6.07 Å². The molecule has 3 aromatic rings. The number of H-pyrrole nitrogens is 3. The van der Waals surface area contributed by atoms with Crippen molar-refractivity contribution >= 4 is 35.3 Å². The minimum Gasteiger partial charge on any atom is -0.461 e. The van der Waals surface area contributed by atoms with Crippen LogP contribution in [-0.4, -0.2) is 82.1 Å². The van der Waals surface area contributed by atoms with E-state index in [2.05, 4.69) is 15.0 Å². The van der Waals surface area contributed by atoms with Gasteiger partial charge in [-0.1, -0.05) is 0 Å². The summed E-state index contributed by atoms with van der Waals surface area (Å²) in [5, 5.41) is 0. The zero-order valence-corrected chi connectivity index (χ0v) is 26.7. The van der Waals surface area contributed by atoms with Crippen LogP contribution < -0.4 is 0 Å². The lowest BCUT2D eigenvalue weighted by atomic mass is 9.93. The molecule has 0 amide bonds. The molecule has 1 unspecified atom stereocenters. The second-order valence-electron chi connectivity index (χ2n) is 11.1. The van der Waals surface area contributed by atoms with Crippen molar-refractivity contribution in [1.29, 1.82) is 0 Å². The molecule has 3 N–H and O–H groups in total. The van der Waals surface area contributed by atoms with Crippen LogP contribution in [0.2, 0.25) is 0 Å². The van der Waals surface area contributed by atoms with Crippen LogP contribution in [0, 0.1) is 0 Å². The molecule has 3 aliphatic rings. The third kappa shape index (κ3) is 7.94. The predicted octanol–water partition coefficient (Wildman–Crippen LogP) is 5.32. The van der Waals surface area contributed by atoms with Crippen LogP contribution >= 0.6 is 0 Å². The maximum atomic E-state index is 13.2. The molecule has 0 spiro atoms. The van der Waals surface area contributed by atoms with E-state index in [0.29, 0.717) is 42.1 Å². The monoisotopic (exact) mass is 675 g/mol. The number of ketones is 3. The van der Waals surface area contributed by atoms with Crippen LogP contribution in [-0.2, 0) is 33.5 Å². The van der Waals surface area contributed by atoms with Crippen LogP contribution in [0.25, 0.3) is 0 Å². The van der Waals surface area contributed by atoms with Gasteiger partial charge in [0, 0.05) is 46.6 Å². The number of hydrogen-bond donors (Lipinski definition) is 3. The van der Waals surface area contributed by atoms with Crippen molar-refractivity contribution in [1.82, 2.24) is 15.0 Å². The first-order valence-corrected chi connectivity index (χ1v) is 15.6. The van der Waals surface area contributed by atoms with Crippen molar-refractivity contribution in [3.8, 4) is 0 Å². The minimum absolute atomic E-state index is 0.0444. The van der Waals surface area contributed by atoms with Crippen molar-refractivity contribution in [2.24, 2.45) is 0 Å². The highest BCUT2D eigenvalue weighted by Gasteiger charge is 2.44. The average Bonchev–Trinajstić information content (AvgIpc) is 3.80. The Labute approximate surface area is 273 Å². The summed E-state index contributed by atoms with van der Waals surface area (Å²) in [5.74, 6) is -6.54. The number of aryl methyl sites for hydroxylation is 3. The van der Waals surface area contributed by atoms with Gasteiger partial charge in [0.05, 0.1) is 19.8 Å². The molecule has 0 saturated heterocycles. The van der Waals surface area contributed by atoms with Gasteiger partial charge < -0.3 is 29.2 Å². The molecule has 3 aromatic heterocycles. The van der Waals surface area contributed by atoms with Crippen LogP contribution in [0.4, 0.5) is 13.2 Å². The van der Waals surface area contributed by atoms with Gasteiger partial charge in [0.15, 0.2) is 17.7 Å². The minimum atomic E-state index is -3.33. The van der Waals surface area contributed by atoms with Crippen molar-refractivity contribution < 1.29 is 56.1 Å². The van der Waals surface area contributed by atoms with E-state index in [1.807, 2.05) is 0 Å². The Balaban J connectivity index is 0.000000163. The molecule has 0 fully saturated rings. The SMILES string of the molecule is CCOC(=O)c1cc2c([nH]1)CCC(F)(F)C2=O.CCOC(=O)c1cc2c([nH]1)CCC(F)C2=O.CCOC(=O)c1cc2c([nH]1)CCCC2=O. The van der Waals surface area contributed by atoms with Crippen LogP contribution in [0.3, 0.4) is 0 Å². The van der Waals surface area contributed by atoms with E-state index in [1.54, 1.807) is 26.8 Å². The number of rotatable bonds is 6. The van der Waals surface area contributed by atoms with Gasteiger partial charge in [-0.25, -0.2) is 18.8 Å². The summed E-state index contributed by atoms with van der Waals surface area (Å²) in [6.45, 7) is 5.89. The number of aromatic nitrogens is 3. The van der Waals surface area contributed by atoms with Gasteiger partial charge in [0.25, 0.3) is 0 Å². The maximum Gasteiger partial charge on any atom is 0.354 e. The lowest BCUT2D eigenvalue weighted by Gasteiger charge is -2.19. The largest absolute Gasteiger partial charge is 0.461 e. The summed E-state index contributed by atoms with van der Waals surface area (Å²) < 4.78 is 53.8. The number of alkyl halides is 3. The molecule has 48 heavy (non-hydrogen) atoms. The normalized spacial score (nSPS) is 17.4. The van der Waals surface area contributed by atoms with E-state index >= 15 is 0 Å². The molecule has 3 aliphatic carbocycles. The van der Waals surface area contributed by atoms with Gasteiger partial charge in [-0.15, -0.1) is 0 Å². The standard InChI is InChI=1S/C11H11F2NO3.C11H12FNO3.C11H13NO3/c1-2-17-10(16)8-5-6-7(14-8)3-4-11(12,13)9(6)15;1-2-16-11(15)9-5-6-8(13-9)4-3-7(12)10(6)14;1-2-15-11(14)9-6-7-8(12-9)4-3-5-10(7)13/h5,14H,2-4H2,1H3;5,7,13H,2-4H2,1H3;6,12H,2-5H2,1H3. The van der Waals surface area contributed by atoms with Gasteiger partial charge in [0.2, 0.25) is 5.78 Å². The van der Waals surface area contributed by atoms with Crippen molar-refractivity contribution in [3.05, 3.63) is 69.1 Å². The zero-order chi connectivity index (χ0) is 35.2. The summed E-state index contributed by atoms with van der Waals surface area (Å²) in [6, 6.07) is 4.12. The molecular formula is C33H36F3N3O9. The number of carbonyl (C=O) groups excluding carboxylic acids is 6. The van der Waals surface area contributed by atoms with Crippen LogP contribution in [0.5, 0.6) is 0 Å². The Morgan fingerprint density at radius 2 is 1.17 bits per heavy atom. The zero-order valence-electron chi connectivity index (χ0n) is 26.7. The topological polar surface area (TPSA) is 177 Å². The number of fused-ring (bicyclic) bond motifs is 3. The quantitative estimate of drug-likeness (QED) is 0.230.